The van der Waals surface area contributed by atoms with Crippen molar-refractivity contribution in [2.24, 2.45) is 0 Å². The average Bonchev–Trinajstić information content (AvgIpc) is 3.50. The third-order valence-electron chi connectivity index (χ3n) is 9.06. The van der Waals surface area contributed by atoms with Gasteiger partial charge in [-0.2, -0.15) is 0 Å². The topological polar surface area (TPSA) is 114 Å². The molecule has 2 aliphatic rings. The van der Waals surface area contributed by atoms with E-state index in [1.807, 2.05) is 62.4 Å². The predicted octanol–water partition coefficient (Wildman–Crippen LogP) is 7.36. The molecule has 2 aliphatic heterocycles. The van der Waals surface area contributed by atoms with E-state index in [9.17, 15) is 9.90 Å². The molecule has 2 heterocycles. The van der Waals surface area contributed by atoms with Crippen LogP contribution in [0, 0.1) is 0 Å². The summed E-state index contributed by atoms with van der Waals surface area (Å²) in [7, 11) is 0. The maximum atomic E-state index is 11.3. The third-order valence-corrected chi connectivity index (χ3v) is 9.06. The largest absolute Gasteiger partial charge is 0.525 e. The molecular formula is C41H49NO10. The van der Waals surface area contributed by atoms with Crippen LogP contribution in [0.2, 0.25) is 0 Å². The van der Waals surface area contributed by atoms with Crippen LogP contribution in [0.1, 0.15) is 49.3 Å². The molecule has 11 heteroatoms. The molecule has 3 unspecified atom stereocenters. The number of hydrogen-bond acceptors (Lipinski definition) is 10. The second kappa shape index (κ2) is 18.5. The molecule has 0 amide bonds. The van der Waals surface area contributed by atoms with Crippen LogP contribution in [0.4, 0.5) is 4.79 Å². The van der Waals surface area contributed by atoms with Gasteiger partial charge in [-0.25, -0.2) is 4.79 Å². The van der Waals surface area contributed by atoms with Crippen LogP contribution in [-0.2, 0) is 41.7 Å². The number of piperidine rings is 1. The molecule has 2 fully saturated rings. The van der Waals surface area contributed by atoms with E-state index in [1.165, 1.54) is 5.06 Å². The van der Waals surface area contributed by atoms with E-state index in [0.29, 0.717) is 72.4 Å². The Morgan fingerprint density at radius 2 is 1.62 bits per heavy atom. The highest BCUT2D eigenvalue weighted by Crippen LogP contribution is 2.33. The van der Waals surface area contributed by atoms with Gasteiger partial charge < -0.3 is 43.1 Å². The van der Waals surface area contributed by atoms with Crippen molar-refractivity contribution in [3.63, 3.8) is 0 Å². The highest BCUT2D eigenvalue weighted by molar-refractivity contribution is 5.84. The lowest BCUT2D eigenvalue weighted by Crippen LogP contribution is -2.44. The van der Waals surface area contributed by atoms with E-state index in [4.69, 9.17) is 38.0 Å². The molecule has 0 saturated carbocycles. The molecule has 0 spiro atoms. The highest BCUT2D eigenvalue weighted by Gasteiger charge is 2.34. The summed E-state index contributed by atoms with van der Waals surface area (Å²) in [5.74, 6) is 1.04. The molecule has 0 aliphatic carbocycles. The fraction of sp³-hybridized carbons (Fsp3) is 0.439. The number of ether oxygens (including phenoxy) is 7. The summed E-state index contributed by atoms with van der Waals surface area (Å²) in [6.45, 7) is 8.57. The Balaban J connectivity index is 0.992. The quantitative estimate of drug-likeness (QED) is 0.104. The second-order valence-electron chi connectivity index (χ2n) is 13.5. The normalized spacial score (nSPS) is 20.2. The van der Waals surface area contributed by atoms with Crippen LogP contribution < -0.4 is 9.47 Å². The average molecular weight is 716 g/mol. The summed E-state index contributed by atoms with van der Waals surface area (Å²) in [6, 6.07) is 30.4. The molecule has 0 bridgehead atoms. The highest BCUT2D eigenvalue weighted by atomic mass is 16.8. The number of fused-ring (bicyclic) bond motifs is 1. The first-order valence-corrected chi connectivity index (χ1v) is 18.0. The fourth-order valence-corrected chi connectivity index (χ4v) is 6.49. The van der Waals surface area contributed by atoms with Gasteiger partial charge in [-0.3, -0.25) is 0 Å². The van der Waals surface area contributed by atoms with Gasteiger partial charge in [0.15, 0.2) is 5.79 Å². The number of carboxylic acid groups (broad SMARTS) is 1. The molecule has 0 aromatic heterocycles. The van der Waals surface area contributed by atoms with Crippen molar-refractivity contribution >= 4 is 16.9 Å². The first-order chi connectivity index (χ1) is 25.3. The minimum atomic E-state index is -1.33. The predicted molar refractivity (Wildman–Crippen MR) is 194 cm³/mol. The first-order valence-electron chi connectivity index (χ1n) is 18.0. The smallest absolute Gasteiger partial charge is 0.494 e. The van der Waals surface area contributed by atoms with Gasteiger partial charge >= 0.3 is 6.16 Å². The van der Waals surface area contributed by atoms with Crippen LogP contribution >= 0.6 is 0 Å². The van der Waals surface area contributed by atoms with E-state index in [1.54, 1.807) is 0 Å². The van der Waals surface area contributed by atoms with Crippen LogP contribution in [0.3, 0.4) is 0 Å². The Hall–Kier alpha value is -4.23. The van der Waals surface area contributed by atoms with E-state index < -0.39 is 11.9 Å². The van der Waals surface area contributed by atoms with E-state index in [-0.39, 0.29) is 18.1 Å². The Bertz CT molecular complexity index is 1700. The molecule has 2 saturated heterocycles. The zero-order valence-corrected chi connectivity index (χ0v) is 29.9. The van der Waals surface area contributed by atoms with Gasteiger partial charge in [0, 0.05) is 18.9 Å². The standard InChI is InChI=1S/C41H49NO10/c1-41(2)50-29-37(51-41)28-46-21-22-48-36-16-11-32-10-9-31(23-34(32)24-36)27-49-39-25-42(52-40(43)44)18-17-38(39)33-12-14-35(15-13-33)47-20-6-19-45-26-30-7-4-3-5-8-30/h3-5,7-16,23-24,37-39H,6,17-22,25-29H2,1-2H3,(H,43,44). The Morgan fingerprint density at radius 1 is 0.827 bits per heavy atom. The molecule has 11 nitrogen and oxygen atoms in total. The van der Waals surface area contributed by atoms with E-state index in [0.717, 1.165) is 45.4 Å². The second-order valence-corrected chi connectivity index (χ2v) is 13.5. The van der Waals surface area contributed by atoms with Crippen LogP contribution in [-0.4, -0.2) is 87.1 Å². The van der Waals surface area contributed by atoms with Gasteiger partial charge in [-0.1, -0.05) is 60.7 Å². The lowest BCUT2D eigenvalue weighted by molar-refractivity contribution is -0.166. The zero-order chi connectivity index (χ0) is 36.2. The minimum absolute atomic E-state index is 0.0519. The van der Waals surface area contributed by atoms with Crippen molar-refractivity contribution in [3.8, 4) is 11.5 Å². The number of hydrogen-bond donors (Lipinski definition) is 1. The first kappa shape index (κ1) is 37.5. The maximum Gasteiger partial charge on any atom is 0.525 e. The van der Waals surface area contributed by atoms with Crippen molar-refractivity contribution in [1.29, 1.82) is 0 Å². The molecule has 3 atom stereocenters. The number of benzene rings is 4. The number of hydroxylamine groups is 2. The number of carbonyl (C=O) groups is 1. The summed E-state index contributed by atoms with van der Waals surface area (Å²) in [6.07, 6.45) is -0.223. The maximum absolute atomic E-state index is 11.3. The van der Waals surface area contributed by atoms with E-state index >= 15 is 0 Å². The van der Waals surface area contributed by atoms with Crippen LogP contribution in [0.15, 0.2) is 91.0 Å². The van der Waals surface area contributed by atoms with Crippen molar-refractivity contribution in [3.05, 3.63) is 108 Å². The molecule has 4 aromatic rings. The lowest BCUT2D eigenvalue weighted by atomic mass is 9.87. The summed E-state index contributed by atoms with van der Waals surface area (Å²) >= 11 is 0. The van der Waals surface area contributed by atoms with Gasteiger partial charge in [-0.05, 0) is 78.1 Å². The van der Waals surface area contributed by atoms with Gasteiger partial charge in [0.2, 0.25) is 0 Å². The Labute approximate surface area is 305 Å². The number of rotatable bonds is 18. The molecular weight excluding hydrogens is 666 g/mol. The van der Waals surface area contributed by atoms with Crippen molar-refractivity contribution in [2.75, 3.05) is 52.7 Å². The van der Waals surface area contributed by atoms with Crippen LogP contribution in [0.25, 0.3) is 10.8 Å². The molecule has 278 valence electrons. The monoisotopic (exact) mass is 715 g/mol. The Morgan fingerprint density at radius 3 is 2.40 bits per heavy atom. The lowest BCUT2D eigenvalue weighted by Gasteiger charge is -2.37. The zero-order valence-electron chi connectivity index (χ0n) is 29.9. The molecule has 52 heavy (non-hydrogen) atoms. The summed E-state index contributed by atoms with van der Waals surface area (Å²) < 4.78 is 41.3. The molecule has 6 rings (SSSR count). The summed E-state index contributed by atoms with van der Waals surface area (Å²) in [5.41, 5.74) is 3.26. The fourth-order valence-electron chi connectivity index (χ4n) is 6.49. The molecule has 1 N–H and O–H groups in total. The van der Waals surface area contributed by atoms with Crippen LogP contribution in [0.5, 0.6) is 11.5 Å². The van der Waals surface area contributed by atoms with Gasteiger partial charge in [-0.15, -0.1) is 5.06 Å². The summed E-state index contributed by atoms with van der Waals surface area (Å²) in [4.78, 5) is 16.4. The van der Waals surface area contributed by atoms with Crippen molar-refractivity contribution in [2.45, 2.75) is 63.8 Å². The third kappa shape index (κ3) is 11.4. The van der Waals surface area contributed by atoms with Gasteiger partial charge in [0.05, 0.1) is 58.9 Å². The van der Waals surface area contributed by atoms with E-state index in [2.05, 4.69) is 42.5 Å². The minimum Gasteiger partial charge on any atom is -0.494 e. The summed E-state index contributed by atoms with van der Waals surface area (Å²) in [5, 5.41) is 12.8. The SMILES string of the molecule is CC1(C)OCC(COCCOc2ccc3ccc(COC4CN(OC(=O)O)CCC4c4ccc(OCCCOCc5ccccc5)cc4)cc3c2)O1. The Kier molecular flexibility index (Phi) is 13.4. The number of nitrogens with zero attached hydrogens (tertiary/aromatic N) is 1. The van der Waals surface area contributed by atoms with Gasteiger partial charge in [0.25, 0.3) is 0 Å². The molecule has 4 aromatic carbocycles. The van der Waals surface area contributed by atoms with Crippen molar-refractivity contribution in [1.82, 2.24) is 5.06 Å². The molecule has 0 radical (unpaired) electrons. The van der Waals surface area contributed by atoms with Crippen molar-refractivity contribution < 1.29 is 47.9 Å². The van der Waals surface area contributed by atoms with Gasteiger partial charge in [0.1, 0.15) is 24.2 Å².